The predicted octanol–water partition coefficient (Wildman–Crippen LogP) is 1.11. The van der Waals surface area contributed by atoms with Crippen LogP contribution in [0.15, 0.2) is 11.4 Å². The van der Waals surface area contributed by atoms with Crippen LogP contribution in [0.1, 0.15) is 24.3 Å². The molecule has 1 amide bonds. The van der Waals surface area contributed by atoms with E-state index in [1.54, 1.807) is 11.3 Å². The number of thiophene rings is 1. The molecule has 1 aromatic rings. The van der Waals surface area contributed by atoms with E-state index < -0.39 is 5.54 Å². The van der Waals surface area contributed by atoms with Gasteiger partial charge in [0.25, 0.3) is 0 Å². The predicted molar refractivity (Wildman–Crippen MR) is 82.4 cm³/mol. The third-order valence-electron chi connectivity index (χ3n) is 3.70. The largest absolute Gasteiger partial charge is 0.343 e. The van der Waals surface area contributed by atoms with Crippen molar-refractivity contribution in [1.29, 1.82) is 0 Å². The van der Waals surface area contributed by atoms with E-state index in [-0.39, 0.29) is 5.91 Å². The van der Waals surface area contributed by atoms with Crippen molar-refractivity contribution in [3.63, 3.8) is 0 Å². The van der Waals surface area contributed by atoms with Crippen LogP contribution in [0.4, 0.5) is 0 Å². The number of nitrogens with zero attached hydrogens (tertiary/aromatic N) is 2. The molecular weight excluding hydrogens is 270 g/mol. The average Bonchev–Trinajstić information content (AvgIpc) is 2.85. The fourth-order valence-corrected chi connectivity index (χ4v) is 3.23. The first-order chi connectivity index (χ1) is 9.45. The van der Waals surface area contributed by atoms with Gasteiger partial charge in [0, 0.05) is 42.5 Å². The molecular formula is C15H21N3OS. The van der Waals surface area contributed by atoms with Gasteiger partial charge in [0.05, 0.1) is 12.1 Å². The van der Waals surface area contributed by atoms with Crippen molar-refractivity contribution in [2.75, 3.05) is 26.7 Å². The van der Waals surface area contributed by atoms with Crippen molar-refractivity contribution in [2.24, 2.45) is 5.73 Å². The van der Waals surface area contributed by atoms with Crippen molar-refractivity contribution in [3.05, 3.63) is 21.9 Å². The summed E-state index contributed by atoms with van der Waals surface area (Å²) in [5.74, 6) is 6.08. The first-order valence-corrected chi connectivity index (χ1v) is 7.60. The summed E-state index contributed by atoms with van der Waals surface area (Å²) in [4.78, 5) is 17.5. The molecule has 0 saturated carbocycles. The van der Waals surface area contributed by atoms with Gasteiger partial charge in [-0.05, 0) is 19.9 Å². The Labute approximate surface area is 124 Å². The van der Waals surface area contributed by atoms with Gasteiger partial charge >= 0.3 is 0 Å². The Morgan fingerprint density at radius 2 is 2.20 bits per heavy atom. The van der Waals surface area contributed by atoms with E-state index in [2.05, 4.69) is 22.8 Å². The molecule has 2 N–H and O–H groups in total. The van der Waals surface area contributed by atoms with E-state index in [0.29, 0.717) is 6.54 Å². The number of amides is 1. The maximum Gasteiger partial charge on any atom is 0.242 e. The highest BCUT2D eigenvalue weighted by atomic mass is 32.1. The Balaban J connectivity index is 2.09. The van der Waals surface area contributed by atoms with Crippen molar-refractivity contribution in [2.45, 2.75) is 25.9 Å². The van der Waals surface area contributed by atoms with Gasteiger partial charge in [0.1, 0.15) is 0 Å². The summed E-state index contributed by atoms with van der Waals surface area (Å²) in [6, 6.07) is 2.09. The molecule has 1 aliphatic heterocycles. The van der Waals surface area contributed by atoms with E-state index in [4.69, 9.17) is 5.73 Å². The van der Waals surface area contributed by atoms with Crippen LogP contribution in [0.5, 0.6) is 0 Å². The molecule has 0 unspecified atom stereocenters. The minimum Gasteiger partial charge on any atom is -0.343 e. The summed E-state index contributed by atoms with van der Waals surface area (Å²) in [6.07, 6.45) is 0. The summed E-state index contributed by atoms with van der Waals surface area (Å²) in [5.41, 5.74) is 5.94. The van der Waals surface area contributed by atoms with Gasteiger partial charge in [0.15, 0.2) is 0 Å². The first-order valence-electron chi connectivity index (χ1n) is 6.72. The fraction of sp³-hybridized carbons (Fsp3) is 0.533. The number of nitrogens with two attached hydrogens (primary N) is 1. The molecule has 20 heavy (non-hydrogen) atoms. The fourth-order valence-electron chi connectivity index (χ4n) is 2.40. The van der Waals surface area contributed by atoms with Crippen molar-refractivity contribution in [3.8, 4) is 11.8 Å². The molecule has 1 aliphatic rings. The highest BCUT2D eigenvalue weighted by Crippen LogP contribution is 2.26. The molecule has 0 radical (unpaired) electrons. The van der Waals surface area contributed by atoms with Crippen LogP contribution >= 0.6 is 11.3 Å². The van der Waals surface area contributed by atoms with E-state index >= 15 is 0 Å². The highest BCUT2D eigenvalue weighted by Gasteiger charge is 2.40. The molecule has 1 saturated heterocycles. The summed E-state index contributed by atoms with van der Waals surface area (Å²) in [5, 5.41) is 2.04. The summed E-state index contributed by atoms with van der Waals surface area (Å²) in [6.45, 7) is 6.85. The number of piperazine rings is 1. The summed E-state index contributed by atoms with van der Waals surface area (Å²) in [7, 11) is 1.87. The second-order valence-electron chi connectivity index (χ2n) is 5.51. The van der Waals surface area contributed by atoms with Gasteiger partial charge in [-0.3, -0.25) is 9.69 Å². The Kier molecular flexibility index (Phi) is 4.48. The lowest BCUT2D eigenvalue weighted by Gasteiger charge is -2.44. The van der Waals surface area contributed by atoms with Gasteiger partial charge in [0.2, 0.25) is 5.91 Å². The maximum atomic E-state index is 12.2. The van der Waals surface area contributed by atoms with Crippen molar-refractivity contribution in [1.82, 2.24) is 9.80 Å². The van der Waals surface area contributed by atoms with Gasteiger partial charge < -0.3 is 10.6 Å². The molecule has 0 atom stereocenters. The Hall–Kier alpha value is -1.35. The van der Waals surface area contributed by atoms with Crippen LogP contribution in [0.25, 0.3) is 0 Å². The average molecular weight is 291 g/mol. The zero-order valence-electron chi connectivity index (χ0n) is 12.3. The first kappa shape index (κ1) is 15.0. The lowest BCUT2D eigenvalue weighted by Crippen LogP contribution is -2.61. The molecule has 2 heterocycles. The Bertz CT molecular complexity index is 553. The van der Waals surface area contributed by atoms with Crippen LogP contribution < -0.4 is 5.73 Å². The molecule has 1 fully saturated rings. The van der Waals surface area contributed by atoms with Gasteiger partial charge in [-0.1, -0.05) is 11.8 Å². The summed E-state index contributed by atoms with van der Waals surface area (Å²) >= 11 is 1.69. The minimum absolute atomic E-state index is 0.184. The SMILES string of the molecule is CN1CCN(Cc2cc(C#CCN)cs2)C(C)(C)C1=O. The maximum absolute atomic E-state index is 12.2. The van der Waals surface area contributed by atoms with E-state index in [1.165, 1.54) is 4.88 Å². The van der Waals surface area contributed by atoms with E-state index in [9.17, 15) is 4.79 Å². The zero-order valence-corrected chi connectivity index (χ0v) is 13.1. The van der Waals surface area contributed by atoms with E-state index in [1.807, 2.05) is 31.2 Å². The van der Waals surface area contributed by atoms with Crippen LogP contribution in [-0.2, 0) is 11.3 Å². The molecule has 5 heteroatoms. The topological polar surface area (TPSA) is 49.6 Å². The Morgan fingerprint density at radius 3 is 2.90 bits per heavy atom. The van der Waals surface area contributed by atoms with Gasteiger partial charge in [-0.15, -0.1) is 11.3 Å². The number of likely N-dealkylation sites (N-methyl/N-ethyl adjacent to an activating group) is 1. The van der Waals surface area contributed by atoms with Crippen molar-refractivity contribution >= 4 is 17.2 Å². The van der Waals surface area contributed by atoms with Gasteiger partial charge in [-0.25, -0.2) is 0 Å². The molecule has 1 aromatic heterocycles. The Morgan fingerprint density at radius 1 is 1.45 bits per heavy atom. The second-order valence-corrected chi connectivity index (χ2v) is 6.51. The summed E-state index contributed by atoms with van der Waals surface area (Å²) < 4.78 is 0. The van der Waals surface area contributed by atoms with Gasteiger partial charge in [-0.2, -0.15) is 0 Å². The lowest BCUT2D eigenvalue weighted by atomic mass is 9.98. The molecule has 4 nitrogen and oxygen atoms in total. The molecule has 0 spiro atoms. The number of rotatable bonds is 2. The normalized spacial score (nSPS) is 18.8. The monoisotopic (exact) mass is 291 g/mol. The quantitative estimate of drug-likeness (QED) is 0.831. The molecule has 108 valence electrons. The third-order valence-corrected chi connectivity index (χ3v) is 4.62. The second kappa shape index (κ2) is 5.96. The highest BCUT2D eigenvalue weighted by molar-refractivity contribution is 7.10. The van der Waals surface area contributed by atoms with Crippen LogP contribution in [0.3, 0.4) is 0 Å². The van der Waals surface area contributed by atoms with Crippen LogP contribution in [0, 0.1) is 11.8 Å². The smallest absolute Gasteiger partial charge is 0.242 e. The standard InChI is InChI=1S/C15H21N3OS/c1-15(2)14(19)17(3)7-8-18(15)10-13-9-12(11-20-13)5-4-6-16/h9,11H,6-8,10,16H2,1-3H3. The molecule has 0 aromatic carbocycles. The number of carbonyl (C=O) groups excluding carboxylic acids is 1. The van der Waals surface area contributed by atoms with E-state index in [0.717, 1.165) is 25.2 Å². The lowest BCUT2D eigenvalue weighted by molar-refractivity contribution is -0.147. The molecule has 0 aliphatic carbocycles. The number of carbonyl (C=O) groups is 1. The van der Waals surface area contributed by atoms with Crippen LogP contribution in [0.2, 0.25) is 0 Å². The molecule has 0 bridgehead atoms. The minimum atomic E-state index is -0.444. The van der Waals surface area contributed by atoms with Crippen LogP contribution in [-0.4, -0.2) is 47.9 Å². The van der Waals surface area contributed by atoms with Crippen molar-refractivity contribution < 1.29 is 4.79 Å². The zero-order chi connectivity index (χ0) is 14.8. The third kappa shape index (κ3) is 3.04. The number of hydrogen-bond acceptors (Lipinski definition) is 4. The number of hydrogen-bond donors (Lipinski definition) is 1. The molecule has 2 rings (SSSR count).